The zero-order chi connectivity index (χ0) is 15.5. The number of hydrogen-bond donors (Lipinski definition) is 0. The molecule has 1 fully saturated rings. The summed E-state index contributed by atoms with van der Waals surface area (Å²) in [6.45, 7) is 4.83. The first kappa shape index (κ1) is 16.1. The molecule has 5 nitrogen and oxygen atoms in total. The minimum Gasteiger partial charge on any atom is -0.302 e. The van der Waals surface area contributed by atoms with E-state index in [1.165, 1.54) is 10.6 Å². The Hall–Kier alpha value is -1.24. The maximum absolute atomic E-state index is 11.6. The SMILES string of the molecule is CC(C=O)(CN1CCN(S(C)(=O)=O)CC1)c1ccccc1. The van der Waals surface area contributed by atoms with Crippen LogP contribution in [0.4, 0.5) is 0 Å². The summed E-state index contributed by atoms with van der Waals surface area (Å²) < 4.78 is 24.5. The van der Waals surface area contributed by atoms with E-state index in [2.05, 4.69) is 4.90 Å². The molecule has 0 radical (unpaired) electrons. The lowest BCUT2D eigenvalue weighted by atomic mass is 9.83. The maximum Gasteiger partial charge on any atom is 0.211 e. The van der Waals surface area contributed by atoms with Crippen molar-refractivity contribution in [1.82, 2.24) is 9.21 Å². The van der Waals surface area contributed by atoms with Gasteiger partial charge in [0.2, 0.25) is 10.0 Å². The Labute approximate surface area is 126 Å². The van der Waals surface area contributed by atoms with Gasteiger partial charge >= 0.3 is 0 Å². The topological polar surface area (TPSA) is 57.7 Å². The van der Waals surface area contributed by atoms with Gasteiger partial charge in [-0.15, -0.1) is 0 Å². The predicted octanol–water partition coefficient (Wildman–Crippen LogP) is 0.720. The van der Waals surface area contributed by atoms with Crippen molar-refractivity contribution in [3.8, 4) is 0 Å². The van der Waals surface area contributed by atoms with Crippen LogP contribution in [-0.4, -0.2) is 62.9 Å². The molecule has 2 rings (SSSR count). The summed E-state index contributed by atoms with van der Waals surface area (Å²) in [4.78, 5) is 13.7. The predicted molar refractivity (Wildman–Crippen MR) is 82.7 cm³/mol. The van der Waals surface area contributed by atoms with E-state index in [0.29, 0.717) is 32.7 Å². The highest BCUT2D eigenvalue weighted by atomic mass is 32.2. The second-order valence-corrected chi connectivity index (χ2v) is 7.82. The molecule has 21 heavy (non-hydrogen) atoms. The van der Waals surface area contributed by atoms with Gasteiger partial charge in [-0.05, 0) is 12.5 Å². The monoisotopic (exact) mass is 310 g/mol. The van der Waals surface area contributed by atoms with Crippen LogP contribution in [0.3, 0.4) is 0 Å². The van der Waals surface area contributed by atoms with Crippen molar-refractivity contribution in [3.05, 3.63) is 35.9 Å². The van der Waals surface area contributed by atoms with E-state index in [0.717, 1.165) is 11.8 Å². The fraction of sp³-hybridized carbons (Fsp3) is 0.533. The van der Waals surface area contributed by atoms with Crippen molar-refractivity contribution in [3.63, 3.8) is 0 Å². The zero-order valence-corrected chi connectivity index (χ0v) is 13.3. The highest BCUT2D eigenvalue weighted by Crippen LogP contribution is 2.23. The summed E-state index contributed by atoms with van der Waals surface area (Å²) in [7, 11) is -3.11. The molecule has 0 saturated carbocycles. The van der Waals surface area contributed by atoms with Crippen molar-refractivity contribution in [2.24, 2.45) is 0 Å². The Kier molecular flexibility index (Phi) is 4.81. The van der Waals surface area contributed by atoms with Gasteiger partial charge in [0.1, 0.15) is 6.29 Å². The largest absolute Gasteiger partial charge is 0.302 e. The molecule has 0 aromatic heterocycles. The smallest absolute Gasteiger partial charge is 0.211 e. The fourth-order valence-electron chi connectivity index (χ4n) is 2.70. The van der Waals surface area contributed by atoms with Gasteiger partial charge in [0.05, 0.1) is 11.7 Å². The maximum atomic E-state index is 11.6. The van der Waals surface area contributed by atoms with E-state index < -0.39 is 15.4 Å². The molecule has 1 heterocycles. The van der Waals surface area contributed by atoms with E-state index in [9.17, 15) is 13.2 Å². The van der Waals surface area contributed by atoms with Gasteiger partial charge in [-0.25, -0.2) is 8.42 Å². The van der Waals surface area contributed by atoms with Crippen molar-refractivity contribution in [1.29, 1.82) is 0 Å². The van der Waals surface area contributed by atoms with Crippen molar-refractivity contribution in [2.75, 3.05) is 39.0 Å². The first-order chi connectivity index (χ1) is 9.85. The second kappa shape index (κ2) is 6.25. The summed E-state index contributed by atoms with van der Waals surface area (Å²) in [6, 6.07) is 9.71. The van der Waals surface area contributed by atoms with Gasteiger partial charge in [0.25, 0.3) is 0 Å². The lowest BCUT2D eigenvalue weighted by Crippen LogP contribution is -2.51. The van der Waals surface area contributed by atoms with Crippen LogP contribution in [0.25, 0.3) is 0 Å². The van der Waals surface area contributed by atoms with Gasteiger partial charge in [0, 0.05) is 32.7 Å². The molecule has 1 aromatic rings. The Balaban J connectivity index is 2.03. The number of sulfonamides is 1. The molecule has 1 aliphatic rings. The molecule has 116 valence electrons. The Morgan fingerprint density at radius 3 is 2.19 bits per heavy atom. The molecule has 1 aromatic carbocycles. The number of carbonyl (C=O) groups is 1. The van der Waals surface area contributed by atoms with E-state index in [1.54, 1.807) is 0 Å². The van der Waals surface area contributed by atoms with Crippen LogP contribution < -0.4 is 0 Å². The Morgan fingerprint density at radius 2 is 1.71 bits per heavy atom. The molecule has 1 aliphatic heterocycles. The third-order valence-corrected chi connectivity index (χ3v) is 5.35. The van der Waals surface area contributed by atoms with E-state index in [4.69, 9.17) is 0 Å². The summed E-state index contributed by atoms with van der Waals surface area (Å²) in [5.74, 6) is 0. The number of piperazine rings is 1. The van der Waals surface area contributed by atoms with Gasteiger partial charge < -0.3 is 4.79 Å². The normalized spacial score (nSPS) is 20.9. The van der Waals surface area contributed by atoms with Crippen LogP contribution in [0.1, 0.15) is 12.5 Å². The Morgan fingerprint density at radius 1 is 1.14 bits per heavy atom. The summed E-state index contributed by atoms with van der Waals surface area (Å²) in [6.07, 6.45) is 2.23. The van der Waals surface area contributed by atoms with Crippen LogP contribution in [0.2, 0.25) is 0 Å². The highest BCUT2D eigenvalue weighted by Gasteiger charge is 2.31. The van der Waals surface area contributed by atoms with Gasteiger partial charge in [-0.2, -0.15) is 4.31 Å². The van der Waals surface area contributed by atoms with Gasteiger partial charge in [-0.3, -0.25) is 4.90 Å². The molecular formula is C15H22N2O3S. The van der Waals surface area contributed by atoms with Crippen LogP contribution >= 0.6 is 0 Å². The molecular weight excluding hydrogens is 288 g/mol. The number of carbonyl (C=O) groups excluding carboxylic acids is 1. The molecule has 0 aliphatic carbocycles. The average molecular weight is 310 g/mol. The molecule has 1 atom stereocenters. The fourth-order valence-corrected chi connectivity index (χ4v) is 3.53. The van der Waals surface area contributed by atoms with Crippen molar-refractivity contribution < 1.29 is 13.2 Å². The number of nitrogens with zero attached hydrogens (tertiary/aromatic N) is 2. The van der Waals surface area contributed by atoms with Gasteiger partial charge in [0.15, 0.2) is 0 Å². The molecule has 6 heteroatoms. The van der Waals surface area contributed by atoms with Crippen molar-refractivity contribution in [2.45, 2.75) is 12.3 Å². The van der Waals surface area contributed by atoms with Crippen LogP contribution in [0, 0.1) is 0 Å². The molecule has 0 amide bonds. The Bertz CT molecular complexity index is 580. The quantitative estimate of drug-likeness (QED) is 0.752. The van der Waals surface area contributed by atoms with E-state index in [1.807, 2.05) is 37.3 Å². The van der Waals surface area contributed by atoms with E-state index >= 15 is 0 Å². The number of rotatable bonds is 5. The van der Waals surface area contributed by atoms with Crippen LogP contribution in [0.5, 0.6) is 0 Å². The third kappa shape index (κ3) is 3.90. The first-order valence-electron chi connectivity index (χ1n) is 7.04. The lowest BCUT2D eigenvalue weighted by molar-refractivity contribution is -0.112. The molecule has 0 N–H and O–H groups in total. The van der Waals surface area contributed by atoms with Gasteiger partial charge in [-0.1, -0.05) is 30.3 Å². The highest BCUT2D eigenvalue weighted by molar-refractivity contribution is 7.88. The summed E-state index contributed by atoms with van der Waals surface area (Å²) >= 11 is 0. The minimum atomic E-state index is -3.11. The molecule has 1 unspecified atom stereocenters. The molecule has 0 bridgehead atoms. The van der Waals surface area contributed by atoms with E-state index in [-0.39, 0.29) is 0 Å². The minimum absolute atomic E-state index is 0.489. The van der Waals surface area contributed by atoms with Crippen molar-refractivity contribution >= 4 is 16.3 Å². The summed E-state index contributed by atoms with van der Waals surface area (Å²) in [5.41, 5.74) is 0.430. The molecule has 1 saturated heterocycles. The standard InChI is InChI=1S/C15H22N2O3S/c1-15(13-18,14-6-4-3-5-7-14)12-16-8-10-17(11-9-16)21(2,19)20/h3-7,13H,8-12H2,1-2H3. The number of hydrogen-bond acceptors (Lipinski definition) is 4. The first-order valence-corrected chi connectivity index (χ1v) is 8.89. The summed E-state index contributed by atoms with van der Waals surface area (Å²) in [5, 5.41) is 0. The number of benzene rings is 1. The molecule has 0 spiro atoms. The van der Waals surface area contributed by atoms with Crippen LogP contribution in [-0.2, 0) is 20.2 Å². The third-order valence-electron chi connectivity index (χ3n) is 4.05. The second-order valence-electron chi connectivity index (χ2n) is 5.84. The average Bonchev–Trinajstić information content (AvgIpc) is 2.47. The van der Waals surface area contributed by atoms with Crippen LogP contribution in [0.15, 0.2) is 30.3 Å². The number of aldehydes is 1. The zero-order valence-electron chi connectivity index (χ0n) is 12.5. The lowest BCUT2D eigenvalue weighted by Gasteiger charge is -2.37.